The number of fused-ring (bicyclic) bond motifs is 4. The van der Waals surface area contributed by atoms with Crippen molar-refractivity contribution in [3.8, 4) is 11.5 Å². The largest absolute Gasteiger partial charge is 0.508 e. The van der Waals surface area contributed by atoms with Crippen LogP contribution in [0.3, 0.4) is 0 Å². The van der Waals surface area contributed by atoms with Gasteiger partial charge < -0.3 is 14.9 Å². The maximum absolute atomic E-state index is 10.5. The molecular formula is C23H28Br2O3. The number of ether oxygens (including phenoxy) is 1. The van der Waals surface area contributed by atoms with Gasteiger partial charge in [-0.2, -0.15) is 0 Å². The third-order valence-corrected chi connectivity index (χ3v) is 7.06. The van der Waals surface area contributed by atoms with Crippen molar-refractivity contribution in [3.05, 3.63) is 55.5 Å². The summed E-state index contributed by atoms with van der Waals surface area (Å²) in [5, 5.41) is 20.9. The van der Waals surface area contributed by atoms with Crippen LogP contribution in [0.1, 0.15) is 62.8 Å². The highest BCUT2D eigenvalue weighted by Crippen LogP contribution is 2.59. The van der Waals surface area contributed by atoms with Gasteiger partial charge in [-0.3, -0.25) is 0 Å². The van der Waals surface area contributed by atoms with Crippen molar-refractivity contribution < 1.29 is 14.9 Å². The van der Waals surface area contributed by atoms with Crippen LogP contribution in [0, 0.1) is 0 Å². The minimum atomic E-state index is -0.244. The van der Waals surface area contributed by atoms with E-state index >= 15 is 0 Å². The molecule has 0 atom stereocenters. The molecule has 1 spiro atoms. The average Bonchev–Trinajstić information content (AvgIpc) is 3.18. The van der Waals surface area contributed by atoms with Gasteiger partial charge >= 0.3 is 0 Å². The van der Waals surface area contributed by atoms with E-state index < -0.39 is 0 Å². The molecule has 4 rings (SSSR count). The summed E-state index contributed by atoms with van der Waals surface area (Å²) in [6.07, 6.45) is 4.48. The highest BCUT2D eigenvalue weighted by atomic mass is 79.9. The van der Waals surface area contributed by atoms with Crippen molar-refractivity contribution in [2.45, 2.75) is 71.0 Å². The topological polar surface area (TPSA) is 49.7 Å². The molecule has 2 N–H and O–H groups in total. The molecule has 5 heteroatoms. The van der Waals surface area contributed by atoms with E-state index in [1.165, 1.54) is 11.1 Å². The first-order valence-electron chi connectivity index (χ1n) is 9.84. The van der Waals surface area contributed by atoms with Gasteiger partial charge in [0.1, 0.15) is 11.5 Å². The fourth-order valence-electron chi connectivity index (χ4n) is 4.75. The number of halogens is 2. The molecule has 0 saturated heterocycles. The second-order valence-electron chi connectivity index (χ2n) is 8.16. The summed E-state index contributed by atoms with van der Waals surface area (Å²) in [4.78, 5) is 0. The second kappa shape index (κ2) is 8.37. The standard InChI is InChI=1S/C17H14Br2O2.C6H14O/c18-11-1-3-13(20)15-9(11)5-7-17(15)8-6-10-12(19)2-4-14(21)16(10)17;1-5(2)7-6(3)4/h1-4,20-21H,5-8H2;5-6H,1-4H3. The Hall–Kier alpha value is -1.04. The fourth-order valence-corrected chi connectivity index (χ4v) is 5.81. The Balaban J connectivity index is 0.000000279. The van der Waals surface area contributed by atoms with E-state index in [0.29, 0.717) is 23.7 Å². The zero-order chi connectivity index (χ0) is 20.6. The van der Waals surface area contributed by atoms with E-state index in [4.69, 9.17) is 4.74 Å². The zero-order valence-corrected chi connectivity index (χ0v) is 20.0. The lowest BCUT2D eigenvalue weighted by Crippen LogP contribution is -2.21. The summed E-state index contributed by atoms with van der Waals surface area (Å²) >= 11 is 7.20. The van der Waals surface area contributed by atoms with Crippen molar-refractivity contribution in [1.82, 2.24) is 0 Å². The number of phenols is 2. The van der Waals surface area contributed by atoms with Crippen LogP contribution >= 0.6 is 31.9 Å². The smallest absolute Gasteiger partial charge is 0.120 e. The lowest BCUT2D eigenvalue weighted by atomic mass is 9.76. The summed E-state index contributed by atoms with van der Waals surface area (Å²) in [7, 11) is 0. The predicted octanol–water partition coefficient (Wildman–Crippen LogP) is 6.62. The third-order valence-electron chi connectivity index (χ3n) is 5.57. The molecule has 0 fully saturated rings. The van der Waals surface area contributed by atoms with Gasteiger partial charge in [-0.1, -0.05) is 31.9 Å². The molecular weight excluding hydrogens is 484 g/mol. The first kappa shape index (κ1) is 21.7. The van der Waals surface area contributed by atoms with E-state index in [-0.39, 0.29) is 5.41 Å². The number of rotatable bonds is 2. The molecule has 0 aliphatic heterocycles. The Morgan fingerprint density at radius 1 is 0.786 bits per heavy atom. The third kappa shape index (κ3) is 3.86. The first-order chi connectivity index (χ1) is 13.2. The van der Waals surface area contributed by atoms with Gasteiger partial charge in [0.05, 0.1) is 12.2 Å². The van der Waals surface area contributed by atoms with Crippen LogP contribution in [0.5, 0.6) is 11.5 Å². The quantitative estimate of drug-likeness (QED) is 0.476. The molecule has 2 aliphatic carbocycles. The van der Waals surface area contributed by atoms with E-state index in [2.05, 4.69) is 31.9 Å². The van der Waals surface area contributed by atoms with Gasteiger partial charge in [0.15, 0.2) is 0 Å². The fraction of sp³-hybridized carbons (Fsp3) is 0.478. The zero-order valence-electron chi connectivity index (χ0n) is 16.9. The molecule has 0 saturated carbocycles. The maximum Gasteiger partial charge on any atom is 0.120 e. The minimum absolute atomic E-state index is 0.244. The summed E-state index contributed by atoms with van der Waals surface area (Å²) < 4.78 is 7.35. The molecule has 0 bridgehead atoms. The molecule has 3 nitrogen and oxygen atoms in total. The molecule has 2 aliphatic rings. The normalized spacial score (nSPS) is 16.3. The van der Waals surface area contributed by atoms with Gasteiger partial charge in [0.2, 0.25) is 0 Å². The predicted molar refractivity (Wildman–Crippen MR) is 120 cm³/mol. The minimum Gasteiger partial charge on any atom is -0.508 e. The maximum atomic E-state index is 10.5. The second-order valence-corrected chi connectivity index (χ2v) is 9.86. The van der Waals surface area contributed by atoms with Gasteiger partial charge in [-0.05, 0) is 88.8 Å². The van der Waals surface area contributed by atoms with Crippen LogP contribution in [0.4, 0.5) is 0 Å². The van der Waals surface area contributed by atoms with Crippen molar-refractivity contribution in [2.75, 3.05) is 0 Å². The van der Waals surface area contributed by atoms with Crippen molar-refractivity contribution in [2.24, 2.45) is 0 Å². The average molecular weight is 512 g/mol. The molecule has 2 aromatic rings. The monoisotopic (exact) mass is 510 g/mol. The molecule has 152 valence electrons. The Kier molecular flexibility index (Phi) is 6.48. The highest BCUT2D eigenvalue weighted by Gasteiger charge is 2.49. The molecule has 0 amide bonds. The van der Waals surface area contributed by atoms with Crippen LogP contribution in [-0.4, -0.2) is 22.4 Å². The van der Waals surface area contributed by atoms with E-state index in [1.54, 1.807) is 12.1 Å². The Morgan fingerprint density at radius 2 is 1.18 bits per heavy atom. The SMILES string of the molecule is CC(C)OC(C)C.Oc1ccc(Br)c2c1C1(CC2)CCc2c(Br)ccc(O)c21. The number of hydrogen-bond acceptors (Lipinski definition) is 3. The molecule has 0 heterocycles. The molecule has 0 aromatic heterocycles. The van der Waals surface area contributed by atoms with Crippen LogP contribution in [0.15, 0.2) is 33.2 Å². The van der Waals surface area contributed by atoms with Crippen molar-refractivity contribution >= 4 is 31.9 Å². The van der Waals surface area contributed by atoms with Crippen LogP contribution in [-0.2, 0) is 23.0 Å². The van der Waals surface area contributed by atoms with Crippen LogP contribution < -0.4 is 0 Å². The Bertz CT molecular complexity index is 803. The van der Waals surface area contributed by atoms with Crippen molar-refractivity contribution in [3.63, 3.8) is 0 Å². The summed E-state index contributed by atoms with van der Waals surface area (Å²) in [6.45, 7) is 8.17. The Labute approximate surface area is 184 Å². The van der Waals surface area contributed by atoms with Gasteiger partial charge in [-0.25, -0.2) is 0 Å². The molecule has 28 heavy (non-hydrogen) atoms. The highest BCUT2D eigenvalue weighted by molar-refractivity contribution is 9.10. The lowest BCUT2D eigenvalue weighted by molar-refractivity contribution is 0.0300. The number of phenolic OH excluding ortho intramolecular Hbond substituents is 2. The molecule has 0 radical (unpaired) electrons. The summed E-state index contributed by atoms with van der Waals surface area (Å²) in [5.41, 5.74) is 4.13. The van der Waals surface area contributed by atoms with Gasteiger partial charge in [0, 0.05) is 25.5 Å². The van der Waals surface area contributed by atoms with E-state index in [1.807, 2.05) is 39.8 Å². The van der Waals surface area contributed by atoms with Crippen LogP contribution in [0.2, 0.25) is 0 Å². The number of benzene rings is 2. The van der Waals surface area contributed by atoms with Gasteiger partial charge in [-0.15, -0.1) is 0 Å². The summed E-state index contributed by atoms with van der Waals surface area (Å²) in [5.74, 6) is 0.691. The first-order valence-corrected chi connectivity index (χ1v) is 11.4. The van der Waals surface area contributed by atoms with Crippen LogP contribution in [0.25, 0.3) is 0 Å². The lowest BCUT2D eigenvalue weighted by Gasteiger charge is -2.28. The van der Waals surface area contributed by atoms with E-state index in [9.17, 15) is 10.2 Å². The van der Waals surface area contributed by atoms with Gasteiger partial charge in [0.25, 0.3) is 0 Å². The Morgan fingerprint density at radius 3 is 1.50 bits per heavy atom. The number of aromatic hydroxyl groups is 2. The van der Waals surface area contributed by atoms with Crippen molar-refractivity contribution in [1.29, 1.82) is 0 Å². The van der Waals surface area contributed by atoms with E-state index in [0.717, 1.165) is 45.8 Å². The summed E-state index contributed by atoms with van der Waals surface area (Å²) in [6, 6.07) is 7.32. The molecule has 0 unspecified atom stereocenters. The molecule has 2 aromatic carbocycles. The number of hydrogen-bond donors (Lipinski definition) is 2.